The van der Waals surface area contributed by atoms with Crippen LogP contribution in [0.2, 0.25) is 0 Å². The van der Waals surface area contributed by atoms with Crippen molar-refractivity contribution in [3.8, 4) is 0 Å². The standard InChI is InChI=1S/C6H6NO2S/c1-2-9-6(8)5-3-10-4-7-5/h3H,2H2,1H3. The minimum atomic E-state index is -0.375. The predicted molar refractivity (Wildman–Crippen MR) is 36.9 cm³/mol. The van der Waals surface area contributed by atoms with E-state index in [-0.39, 0.29) is 5.97 Å². The highest BCUT2D eigenvalue weighted by Crippen LogP contribution is 2.01. The Hall–Kier alpha value is -0.900. The molecule has 0 unspecified atom stereocenters. The third-order valence-electron chi connectivity index (χ3n) is 0.874. The second-order valence-corrected chi connectivity index (χ2v) is 2.20. The Kier molecular flexibility index (Phi) is 2.39. The molecule has 1 rings (SSSR count). The third kappa shape index (κ3) is 1.54. The molecule has 4 heteroatoms. The van der Waals surface area contributed by atoms with E-state index in [2.05, 4.69) is 15.2 Å². The van der Waals surface area contributed by atoms with E-state index in [1.54, 1.807) is 12.3 Å². The molecule has 1 aromatic rings. The van der Waals surface area contributed by atoms with Crippen LogP contribution in [-0.4, -0.2) is 17.6 Å². The first-order valence-corrected chi connectivity index (χ1v) is 3.71. The lowest BCUT2D eigenvalue weighted by Gasteiger charge is -1.94. The van der Waals surface area contributed by atoms with Gasteiger partial charge in [-0.2, -0.15) is 0 Å². The number of ether oxygens (including phenoxy) is 1. The van der Waals surface area contributed by atoms with Gasteiger partial charge in [0.15, 0.2) is 11.2 Å². The normalized spacial score (nSPS) is 9.30. The van der Waals surface area contributed by atoms with Crippen molar-refractivity contribution in [1.82, 2.24) is 4.98 Å². The second kappa shape index (κ2) is 3.31. The maximum absolute atomic E-state index is 10.8. The van der Waals surface area contributed by atoms with Gasteiger partial charge in [0.25, 0.3) is 0 Å². The minimum absolute atomic E-state index is 0.340. The number of aromatic nitrogens is 1. The summed E-state index contributed by atoms with van der Waals surface area (Å²) in [4.78, 5) is 14.5. The SMILES string of the molecule is CCOC(=O)c1cs[c]n1. The molecule has 0 aliphatic carbocycles. The van der Waals surface area contributed by atoms with E-state index in [4.69, 9.17) is 0 Å². The second-order valence-electron chi connectivity index (χ2n) is 1.54. The lowest BCUT2D eigenvalue weighted by Crippen LogP contribution is -2.04. The van der Waals surface area contributed by atoms with Crippen molar-refractivity contribution in [2.24, 2.45) is 0 Å². The molecule has 0 N–H and O–H groups in total. The summed E-state index contributed by atoms with van der Waals surface area (Å²) in [5.74, 6) is -0.375. The summed E-state index contributed by atoms with van der Waals surface area (Å²) in [5.41, 5.74) is 2.90. The van der Waals surface area contributed by atoms with Gasteiger partial charge in [-0.1, -0.05) is 0 Å². The fraction of sp³-hybridized carbons (Fsp3) is 0.333. The van der Waals surface area contributed by atoms with Crippen molar-refractivity contribution in [3.05, 3.63) is 16.6 Å². The molecule has 3 nitrogen and oxygen atoms in total. The number of esters is 1. The van der Waals surface area contributed by atoms with Crippen molar-refractivity contribution in [1.29, 1.82) is 0 Å². The zero-order valence-corrected chi connectivity index (χ0v) is 6.27. The molecule has 10 heavy (non-hydrogen) atoms. The van der Waals surface area contributed by atoms with E-state index in [1.165, 1.54) is 11.3 Å². The molecule has 0 fully saturated rings. The predicted octanol–water partition coefficient (Wildman–Crippen LogP) is 1.12. The van der Waals surface area contributed by atoms with Gasteiger partial charge in [0.05, 0.1) is 6.61 Å². The monoisotopic (exact) mass is 156 g/mol. The summed E-state index contributed by atoms with van der Waals surface area (Å²) in [5, 5.41) is 1.61. The lowest BCUT2D eigenvalue weighted by atomic mass is 10.5. The van der Waals surface area contributed by atoms with Gasteiger partial charge in [-0.15, -0.1) is 11.3 Å². The van der Waals surface area contributed by atoms with Gasteiger partial charge >= 0.3 is 5.97 Å². The quantitative estimate of drug-likeness (QED) is 0.602. The Balaban J connectivity index is 2.59. The molecule has 1 aromatic heterocycles. The Labute approximate surface area is 62.7 Å². The topological polar surface area (TPSA) is 39.2 Å². The van der Waals surface area contributed by atoms with Crippen molar-refractivity contribution >= 4 is 17.3 Å². The fourth-order valence-corrected chi connectivity index (χ4v) is 0.947. The Bertz CT molecular complexity index is 208. The molecule has 0 saturated heterocycles. The smallest absolute Gasteiger partial charge is 0.357 e. The van der Waals surface area contributed by atoms with Crippen LogP contribution in [0, 0.1) is 5.51 Å². The first kappa shape index (κ1) is 7.21. The highest BCUT2D eigenvalue weighted by molar-refractivity contribution is 7.07. The van der Waals surface area contributed by atoms with Crippen LogP contribution in [0.25, 0.3) is 0 Å². The van der Waals surface area contributed by atoms with E-state index in [0.29, 0.717) is 12.3 Å². The molecular weight excluding hydrogens is 150 g/mol. The van der Waals surface area contributed by atoms with Gasteiger partial charge in [0, 0.05) is 5.38 Å². The summed E-state index contributed by atoms with van der Waals surface area (Å²) in [6.07, 6.45) is 0. The number of carbonyl (C=O) groups excluding carboxylic acids is 1. The first-order chi connectivity index (χ1) is 4.84. The Morgan fingerprint density at radius 3 is 3.30 bits per heavy atom. The van der Waals surface area contributed by atoms with Gasteiger partial charge in [-0.25, -0.2) is 9.78 Å². The summed E-state index contributed by atoms with van der Waals surface area (Å²) < 4.78 is 4.67. The number of hydrogen-bond acceptors (Lipinski definition) is 4. The Morgan fingerprint density at radius 1 is 2.00 bits per heavy atom. The molecule has 0 spiro atoms. The average molecular weight is 156 g/mol. The van der Waals surface area contributed by atoms with Crippen LogP contribution in [0.1, 0.15) is 17.4 Å². The van der Waals surface area contributed by atoms with E-state index < -0.39 is 0 Å². The lowest BCUT2D eigenvalue weighted by molar-refractivity contribution is 0.0520. The summed E-state index contributed by atoms with van der Waals surface area (Å²) in [6, 6.07) is 0. The highest BCUT2D eigenvalue weighted by Gasteiger charge is 2.06. The zero-order valence-electron chi connectivity index (χ0n) is 5.46. The molecule has 1 heterocycles. The molecule has 0 amide bonds. The molecule has 0 saturated carbocycles. The van der Waals surface area contributed by atoms with Crippen molar-refractivity contribution in [2.45, 2.75) is 6.92 Å². The Morgan fingerprint density at radius 2 is 2.80 bits per heavy atom. The van der Waals surface area contributed by atoms with Crippen LogP contribution in [-0.2, 0) is 4.74 Å². The van der Waals surface area contributed by atoms with Crippen LogP contribution < -0.4 is 0 Å². The molecule has 53 valence electrons. The van der Waals surface area contributed by atoms with Crippen molar-refractivity contribution in [3.63, 3.8) is 0 Å². The highest BCUT2D eigenvalue weighted by atomic mass is 32.1. The fourth-order valence-electron chi connectivity index (χ4n) is 0.483. The average Bonchev–Trinajstić information content (AvgIpc) is 2.38. The van der Waals surface area contributed by atoms with E-state index >= 15 is 0 Å². The number of nitrogens with zero attached hydrogens (tertiary/aromatic N) is 1. The number of carbonyl (C=O) groups is 1. The minimum Gasteiger partial charge on any atom is -0.461 e. The van der Waals surface area contributed by atoms with Gasteiger partial charge in [0.1, 0.15) is 0 Å². The van der Waals surface area contributed by atoms with Crippen LogP contribution in [0.5, 0.6) is 0 Å². The molecule has 0 aliphatic heterocycles. The van der Waals surface area contributed by atoms with Crippen molar-refractivity contribution in [2.75, 3.05) is 6.61 Å². The molecule has 0 aliphatic rings. The van der Waals surface area contributed by atoms with Gasteiger partial charge < -0.3 is 4.74 Å². The van der Waals surface area contributed by atoms with Gasteiger partial charge in [-0.3, -0.25) is 0 Å². The number of thiazole rings is 1. The number of rotatable bonds is 2. The molecule has 0 atom stereocenters. The summed E-state index contributed by atoms with van der Waals surface area (Å²) in [6.45, 7) is 2.14. The summed E-state index contributed by atoms with van der Waals surface area (Å²) >= 11 is 1.26. The molecule has 0 bridgehead atoms. The molecule has 1 radical (unpaired) electrons. The van der Waals surface area contributed by atoms with Gasteiger partial charge in [-0.05, 0) is 6.92 Å². The zero-order chi connectivity index (χ0) is 7.40. The molecular formula is C6H6NO2S. The van der Waals surface area contributed by atoms with E-state index in [1.807, 2.05) is 0 Å². The van der Waals surface area contributed by atoms with Crippen LogP contribution >= 0.6 is 11.3 Å². The summed E-state index contributed by atoms with van der Waals surface area (Å²) in [7, 11) is 0. The maximum Gasteiger partial charge on any atom is 0.357 e. The third-order valence-corrected chi connectivity index (χ3v) is 1.41. The molecule has 0 aromatic carbocycles. The first-order valence-electron chi connectivity index (χ1n) is 2.83. The number of hydrogen-bond donors (Lipinski definition) is 0. The van der Waals surface area contributed by atoms with Gasteiger partial charge in [0.2, 0.25) is 0 Å². The van der Waals surface area contributed by atoms with Crippen LogP contribution in [0.3, 0.4) is 0 Å². The maximum atomic E-state index is 10.8. The van der Waals surface area contributed by atoms with E-state index in [0.717, 1.165) is 0 Å². The van der Waals surface area contributed by atoms with Crippen molar-refractivity contribution < 1.29 is 9.53 Å². The van der Waals surface area contributed by atoms with E-state index in [9.17, 15) is 4.79 Å². The largest absolute Gasteiger partial charge is 0.461 e. The van der Waals surface area contributed by atoms with Crippen LogP contribution in [0.4, 0.5) is 0 Å². The van der Waals surface area contributed by atoms with Crippen LogP contribution in [0.15, 0.2) is 5.38 Å².